The average molecular weight is 398 g/mol. The minimum absolute atomic E-state index is 0.0314. The number of fused-ring (bicyclic) bond motifs is 3. The van der Waals surface area contributed by atoms with E-state index in [0.717, 1.165) is 53.7 Å². The smallest absolute Gasteiger partial charge is 0.286 e. The van der Waals surface area contributed by atoms with Crippen LogP contribution in [0.3, 0.4) is 0 Å². The van der Waals surface area contributed by atoms with Crippen LogP contribution in [0.1, 0.15) is 30.5 Å². The fourth-order valence-electron chi connectivity index (χ4n) is 4.73. The van der Waals surface area contributed by atoms with Gasteiger partial charge in [-0.25, -0.2) is 9.97 Å². The molecule has 150 valence electrons. The van der Waals surface area contributed by atoms with E-state index >= 15 is 0 Å². The van der Waals surface area contributed by atoms with Crippen molar-refractivity contribution in [1.82, 2.24) is 14.5 Å². The van der Waals surface area contributed by atoms with Crippen molar-refractivity contribution in [2.45, 2.75) is 25.9 Å². The number of aromatic nitrogens is 3. The van der Waals surface area contributed by atoms with Crippen LogP contribution in [0.2, 0.25) is 0 Å². The Balaban J connectivity index is 1.55. The van der Waals surface area contributed by atoms with Gasteiger partial charge in [0.1, 0.15) is 6.20 Å². The number of piperidine rings is 1. The summed E-state index contributed by atoms with van der Waals surface area (Å²) in [6.45, 7) is 4.93. The molecule has 1 aromatic carbocycles. The van der Waals surface area contributed by atoms with E-state index in [9.17, 15) is 10.1 Å². The minimum atomic E-state index is 0.0314. The maximum Gasteiger partial charge on any atom is 0.286 e. The van der Waals surface area contributed by atoms with Gasteiger partial charge in [0.25, 0.3) is 5.65 Å². The summed E-state index contributed by atoms with van der Waals surface area (Å²) in [5.74, 6) is 0.483. The predicted molar refractivity (Wildman–Crippen MR) is 116 cm³/mol. The Bertz CT molecular complexity index is 1330. The van der Waals surface area contributed by atoms with E-state index in [0.29, 0.717) is 11.3 Å². The number of rotatable bonds is 3. The van der Waals surface area contributed by atoms with Gasteiger partial charge in [-0.05, 0) is 36.6 Å². The first kappa shape index (κ1) is 18.6. The van der Waals surface area contributed by atoms with Crippen molar-refractivity contribution in [2.75, 3.05) is 13.1 Å². The Morgan fingerprint density at radius 3 is 2.97 bits per heavy atom. The van der Waals surface area contributed by atoms with Crippen LogP contribution in [0.25, 0.3) is 21.9 Å². The largest absolute Gasteiger partial charge is 0.342 e. The molecule has 5 rings (SSSR count). The summed E-state index contributed by atoms with van der Waals surface area (Å²) in [5, 5.41) is 11.2. The first-order chi connectivity index (χ1) is 14.7. The van der Waals surface area contributed by atoms with Gasteiger partial charge in [0, 0.05) is 31.4 Å². The molecule has 0 radical (unpaired) electrons. The summed E-state index contributed by atoms with van der Waals surface area (Å²) in [4.78, 5) is 21.4. The highest BCUT2D eigenvalue weighted by Crippen LogP contribution is 2.32. The van der Waals surface area contributed by atoms with Crippen molar-refractivity contribution in [3.8, 4) is 6.07 Å². The number of nitrogens with zero attached hydrogens (tertiary/aromatic N) is 3. The molecule has 0 unspecified atom stereocenters. The number of pyridine rings is 2. The van der Waals surface area contributed by atoms with Crippen LogP contribution in [-0.4, -0.2) is 27.5 Å². The molecule has 0 aliphatic carbocycles. The molecule has 6 heteroatoms. The highest BCUT2D eigenvalue weighted by molar-refractivity contribution is 6.00. The minimum Gasteiger partial charge on any atom is -0.342 e. The molecule has 0 amide bonds. The van der Waals surface area contributed by atoms with Gasteiger partial charge in [0.15, 0.2) is 5.43 Å². The van der Waals surface area contributed by atoms with E-state index in [1.54, 1.807) is 12.3 Å². The van der Waals surface area contributed by atoms with Crippen molar-refractivity contribution < 1.29 is 4.98 Å². The fraction of sp³-hybridized carbons (Fsp3) is 0.292. The Labute approximate surface area is 174 Å². The molecule has 1 saturated heterocycles. The van der Waals surface area contributed by atoms with Gasteiger partial charge in [0.2, 0.25) is 0 Å². The van der Waals surface area contributed by atoms with Crippen LogP contribution in [-0.2, 0) is 6.54 Å². The average Bonchev–Trinajstić information content (AvgIpc) is 3.25. The Morgan fingerprint density at radius 2 is 2.10 bits per heavy atom. The molecular weight excluding hydrogens is 374 g/mol. The summed E-state index contributed by atoms with van der Waals surface area (Å²) in [6, 6.07) is 14.1. The van der Waals surface area contributed by atoms with E-state index < -0.39 is 0 Å². The number of nitriles is 1. The monoisotopic (exact) mass is 398 g/mol. The molecule has 1 fully saturated rings. The van der Waals surface area contributed by atoms with Crippen LogP contribution >= 0.6 is 0 Å². The molecule has 0 spiro atoms. The number of aromatic amines is 2. The lowest BCUT2D eigenvalue weighted by Crippen LogP contribution is -2.40. The van der Waals surface area contributed by atoms with E-state index in [2.05, 4.69) is 32.4 Å². The number of hydrogen-bond donors (Lipinski definition) is 1. The number of H-pyrrole nitrogens is 2. The van der Waals surface area contributed by atoms with Gasteiger partial charge in [-0.15, -0.1) is 0 Å². The molecule has 0 bridgehead atoms. The molecule has 3 aromatic heterocycles. The number of hydrogen-bond acceptors (Lipinski definition) is 3. The van der Waals surface area contributed by atoms with Gasteiger partial charge in [-0.2, -0.15) is 5.26 Å². The zero-order valence-electron chi connectivity index (χ0n) is 16.9. The molecule has 0 saturated carbocycles. The van der Waals surface area contributed by atoms with Crippen LogP contribution in [0.5, 0.6) is 0 Å². The van der Waals surface area contributed by atoms with Crippen molar-refractivity contribution >= 4 is 21.9 Å². The Morgan fingerprint density at radius 1 is 1.23 bits per heavy atom. The summed E-state index contributed by atoms with van der Waals surface area (Å²) in [5.41, 5.74) is 3.74. The van der Waals surface area contributed by atoms with Crippen LogP contribution in [0.15, 0.2) is 59.8 Å². The first-order valence-corrected chi connectivity index (χ1v) is 10.4. The maximum atomic E-state index is 12.6. The second kappa shape index (κ2) is 7.43. The molecule has 30 heavy (non-hydrogen) atoms. The zero-order valence-corrected chi connectivity index (χ0v) is 16.9. The molecule has 4 heterocycles. The third-order valence-corrected chi connectivity index (χ3v) is 6.42. The van der Waals surface area contributed by atoms with Gasteiger partial charge in [-0.3, -0.25) is 9.69 Å². The van der Waals surface area contributed by atoms with Crippen LogP contribution in [0, 0.1) is 17.2 Å². The SMILES string of the molecule is C[C@@H]1CCN(Cc2ccccc2C#N)C[C@@H]1n1ccc(=O)c2c[nH+]c3[nH]ccc3c21. The maximum absolute atomic E-state index is 12.6. The molecule has 1 aliphatic heterocycles. The highest BCUT2D eigenvalue weighted by atomic mass is 16.1. The second-order valence-corrected chi connectivity index (χ2v) is 8.24. The normalized spacial score (nSPS) is 19.9. The molecular formula is C24H24N5O+. The summed E-state index contributed by atoms with van der Waals surface area (Å²) >= 11 is 0. The molecule has 4 aromatic rings. The third-order valence-electron chi connectivity index (χ3n) is 6.42. The standard InChI is InChI=1S/C24H23N5O/c1-16-7-10-28(14-18-5-3-2-4-17(18)12-25)15-21(16)29-11-8-22(30)20-13-27-24-19(23(20)29)6-9-26-24/h2-6,8-9,11,13,16,21H,7,10,14-15H2,1H3,(H,26,27)/p+1/t16-,21+/m1/s1. The first-order valence-electron chi connectivity index (χ1n) is 10.4. The van der Waals surface area contributed by atoms with E-state index in [4.69, 9.17) is 0 Å². The third kappa shape index (κ3) is 3.08. The lowest BCUT2D eigenvalue weighted by atomic mass is 9.92. The van der Waals surface area contributed by atoms with E-state index in [1.165, 1.54) is 0 Å². The summed E-state index contributed by atoms with van der Waals surface area (Å²) < 4.78 is 2.29. The number of nitrogens with one attached hydrogen (secondary N) is 2. The number of likely N-dealkylation sites (tertiary alicyclic amines) is 1. The Hall–Kier alpha value is -3.43. The van der Waals surface area contributed by atoms with Gasteiger partial charge in [-0.1, -0.05) is 25.1 Å². The van der Waals surface area contributed by atoms with Gasteiger partial charge < -0.3 is 4.57 Å². The molecule has 2 N–H and O–H groups in total. The lowest BCUT2D eigenvalue weighted by molar-refractivity contribution is -0.345. The summed E-state index contributed by atoms with van der Waals surface area (Å²) in [6.07, 6.45) is 6.73. The van der Waals surface area contributed by atoms with Crippen molar-refractivity contribution in [1.29, 1.82) is 5.26 Å². The van der Waals surface area contributed by atoms with Crippen molar-refractivity contribution in [3.05, 3.63) is 76.3 Å². The summed E-state index contributed by atoms with van der Waals surface area (Å²) in [7, 11) is 0. The van der Waals surface area contributed by atoms with Crippen LogP contribution in [0.4, 0.5) is 0 Å². The topological polar surface area (TPSA) is 79.0 Å². The zero-order chi connectivity index (χ0) is 20.7. The van der Waals surface area contributed by atoms with Crippen LogP contribution < -0.4 is 10.4 Å². The number of benzene rings is 1. The van der Waals surface area contributed by atoms with Crippen molar-refractivity contribution in [2.24, 2.45) is 5.92 Å². The van der Waals surface area contributed by atoms with Gasteiger partial charge in [0.05, 0.1) is 34.1 Å². The highest BCUT2D eigenvalue weighted by Gasteiger charge is 2.29. The van der Waals surface area contributed by atoms with Crippen molar-refractivity contribution in [3.63, 3.8) is 0 Å². The molecule has 2 atom stereocenters. The quantitative estimate of drug-likeness (QED) is 0.575. The van der Waals surface area contributed by atoms with E-state index in [-0.39, 0.29) is 11.5 Å². The predicted octanol–water partition coefficient (Wildman–Crippen LogP) is 3.25. The molecule has 1 aliphatic rings. The van der Waals surface area contributed by atoms with Gasteiger partial charge >= 0.3 is 0 Å². The lowest BCUT2D eigenvalue weighted by Gasteiger charge is -2.39. The van der Waals surface area contributed by atoms with E-state index in [1.807, 2.05) is 42.7 Å². The second-order valence-electron chi connectivity index (χ2n) is 8.24. The fourth-order valence-corrected chi connectivity index (χ4v) is 4.73. The Kier molecular flexibility index (Phi) is 4.61. The molecule has 6 nitrogen and oxygen atoms in total.